The van der Waals surface area contributed by atoms with Gasteiger partial charge in [-0.15, -0.1) is 10.2 Å². The summed E-state index contributed by atoms with van der Waals surface area (Å²) < 4.78 is 0. The van der Waals surface area contributed by atoms with Crippen molar-refractivity contribution in [1.82, 2.24) is 10.2 Å². The van der Waals surface area contributed by atoms with E-state index in [9.17, 15) is 4.79 Å². The summed E-state index contributed by atoms with van der Waals surface area (Å²) in [5, 5.41) is 15.1. The van der Waals surface area contributed by atoms with Crippen molar-refractivity contribution in [2.45, 2.75) is 33.7 Å². The molecule has 2 rings (SSSR count). The Morgan fingerprint density at radius 2 is 1.80 bits per heavy atom. The number of hydrogen-bond acceptors (Lipinski definition) is 5. The largest absolute Gasteiger partial charge is 0.374 e. The molecule has 0 radical (unpaired) electrons. The van der Waals surface area contributed by atoms with Gasteiger partial charge in [-0.2, -0.15) is 0 Å². The molecule has 1 aromatic heterocycles. The number of amides is 1. The van der Waals surface area contributed by atoms with Crippen LogP contribution in [0.15, 0.2) is 18.2 Å². The third-order valence-corrected chi connectivity index (χ3v) is 3.51. The number of hydrogen-bond donors (Lipinski definition) is 2. The summed E-state index contributed by atoms with van der Waals surface area (Å²) in [6.07, 6.45) is 0. The fraction of sp³-hybridized carbons (Fsp3) is 0.357. The molecule has 2 aromatic rings. The minimum atomic E-state index is -0.347. The Kier molecular flexibility index (Phi) is 4.34. The monoisotopic (exact) mass is 290 g/mol. The van der Waals surface area contributed by atoms with Crippen molar-refractivity contribution in [3.05, 3.63) is 34.3 Å². The highest BCUT2D eigenvalue weighted by Crippen LogP contribution is 2.17. The van der Waals surface area contributed by atoms with E-state index in [0.29, 0.717) is 5.13 Å². The van der Waals surface area contributed by atoms with Gasteiger partial charge in [-0.25, -0.2) is 0 Å². The third kappa shape index (κ3) is 3.77. The van der Waals surface area contributed by atoms with E-state index in [4.69, 9.17) is 0 Å². The second-order valence-electron chi connectivity index (χ2n) is 4.86. The zero-order chi connectivity index (χ0) is 14.7. The van der Waals surface area contributed by atoms with Crippen LogP contribution in [0.5, 0.6) is 0 Å². The highest BCUT2D eigenvalue weighted by Gasteiger charge is 2.14. The van der Waals surface area contributed by atoms with E-state index in [2.05, 4.69) is 26.9 Å². The molecule has 5 nitrogen and oxygen atoms in total. The molecule has 0 bridgehead atoms. The van der Waals surface area contributed by atoms with Crippen LogP contribution >= 0.6 is 11.3 Å². The van der Waals surface area contributed by atoms with Crippen LogP contribution in [0.4, 0.5) is 10.8 Å². The molecule has 2 N–H and O–H groups in total. The van der Waals surface area contributed by atoms with Crippen LogP contribution in [-0.4, -0.2) is 22.1 Å². The van der Waals surface area contributed by atoms with Crippen LogP contribution in [0.1, 0.15) is 23.1 Å². The van der Waals surface area contributed by atoms with Crippen molar-refractivity contribution in [2.24, 2.45) is 0 Å². The molecular weight excluding hydrogens is 272 g/mol. The molecule has 0 unspecified atom stereocenters. The molecule has 0 saturated heterocycles. The van der Waals surface area contributed by atoms with E-state index in [-0.39, 0.29) is 11.9 Å². The third-order valence-electron chi connectivity index (χ3n) is 2.75. The first kappa shape index (κ1) is 14.5. The van der Waals surface area contributed by atoms with Gasteiger partial charge in [0.1, 0.15) is 11.0 Å². The normalized spacial score (nSPS) is 12.0. The van der Waals surface area contributed by atoms with Gasteiger partial charge < -0.3 is 5.32 Å². The van der Waals surface area contributed by atoms with E-state index in [1.54, 1.807) is 0 Å². The maximum atomic E-state index is 12.1. The molecule has 1 heterocycles. The van der Waals surface area contributed by atoms with E-state index >= 15 is 0 Å². The van der Waals surface area contributed by atoms with Crippen molar-refractivity contribution in [2.75, 3.05) is 10.6 Å². The van der Waals surface area contributed by atoms with Gasteiger partial charge in [-0.3, -0.25) is 10.1 Å². The second-order valence-corrected chi connectivity index (χ2v) is 6.04. The van der Waals surface area contributed by atoms with Gasteiger partial charge in [0.05, 0.1) is 0 Å². The number of anilines is 2. The number of carbonyl (C=O) groups excluding carboxylic acids is 1. The predicted molar refractivity (Wildman–Crippen MR) is 82.3 cm³/mol. The molecule has 0 aliphatic carbocycles. The first-order valence-corrected chi connectivity index (χ1v) is 7.21. The first-order chi connectivity index (χ1) is 9.44. The standard InChI is InChI=1S/C14H18N4OS/c1-8-5-9(2)7-12(6-8)15-10(3)13(19)16-14-18-17-11(4)20-14/h5-7,10,15H,1-4H3,(H,16,18,19)/t10-/m1/s1. The van der Waals surface area contributed by atoms with E-state index < -0.39 is 0 Å². The molecule has 6 heteroatoms. The van der Waals surface area contributed by atoms with Gasteiger partial charge in [0.2, 0.25) is 11.0 Å². The number of benzene rings is 1. The highest BCUT2D eigenvalue weighted by atomic mass is 32.1. The topological polar surface area (TPSA) is 66.9 Å². The summed E-state index contributed by atoms with van der Waals surface area (Å²) in [6.45, 7) is 7.74. The molecule has 0 spiro atoms. The van der Waals surface area contributed by atoms with Crippen LogP contribution in [-0.2, 0) is 4.79 Å². The number of carbonyl (C=O) groups is 1. The van der Waals surface area contributed by atoms with E-state index in [1.807, 2.05) is 39.8 Å². The predicted octanol–water partition coefficient (Wildman–Crippen LogP) is 2.90. The van der Waals surface area contributed by atoms with Gasteiger partial charge in [-0.1, -0.05) is 17.4 Å². The zero-order valence-electron chi connectivity index (χ0n) is 12.0. The summed E-state index contributed by atoms with van der Waals surface area (Å²) >= 11 is 1.36. The molecule has 1 aromatic carbocycles. The first-order valence-electron chi connectivity index (χ1n) is 6.40. The number of aryl methyl sites for hydroxylation is 3. The second kappa shape index (κ2) is 6.00. The lowest BCUT2D eigenvalue weighted by Gasteiger charge is -2.15. The average Bonchev–Trinajstić information content (AvgIpc) is 2.73. The Bertz CT molecular complexity index is 603. The van der Waals surface area contributed by atoms with Crippen molar-refractivity contribution in [3.8, 4) is 0 Å². The lowest BCUT2D eigenvalue weighted by molar-refractivity contribution is -0.116. The number of aromatic nitrogens is 2. The summed E-state index contributed by atoms with van der Waals surface area (Å²) in [7, 11) is 0. The number of nitrogens with zero attached hydrogens (tertiary/aromatic N) is 2. The fourth-order valence-corrected chi connectivity index (χ4v) is 2.53. The van der Waals surface area contributed by atoms with Crippen LogP contribution in [0.2, 0.25) is 0 Å². The Morgan fingerprint density at radius 3 is 2.35 bits per heavy atom. The van der Waals surface area contributed by atoms with E-state index in [0.717, 1.165) is 10.7 Å². The molecule has 0 saturated carbocycles. The van der Waals surface area contributed by atoms with Crippen molar-refractivity contribution < 1.29 is 4.79 Å². The zero-order valence-corrected chi connectivity index (χ0v) is 12.8. The Morgan fingerprint density at radius 1 is 1.15 bits per heavy atom. The number of nitrogens with one attached hydrogen (secondary N) is 2. The molecule has 1 atom stereocenters. The molecule has 20 heavy (non-hydrogen) atoms. The van der Waals surface area contributed by atoms with Crippen LogP contribution in [0.25, 0.3) is 0 Å². The minimum Gasteiger partial charge on any atom is -0.374 e. The Hall–Kier alpha value is -1.95. The summed E-state index contributed by atoms with van der Waals surface area (Å²) in [6, 6.07) is 5.79. The van der Waals surface area contributed by atoms with Gasteiger partial charge in [0.25, 0.3) is 0 Å². The quantitative estimate of drug-likeness (QED) is 0.908. The molecule has 1 amide bonds. The maximum absolute atomic E-state index is 12.1. The van der Waals surface area contributed by atoms with Crippen molar-refractivity contribution >= 4 is 28.1 Å². The molecular formula is C14H18N4OS. The van der Waals surface area contributed by atoms with Crippen LogP contribution in [0.3, 0.4) is 0 Å². The summed E-state index contributed by atoms with van der Waals surface area (Å²) in [5.74, 6) is -0.125. The average molecular weight is 290 g/mol. The minimum absolute atomic E-state index is 0.125. The van der Waals surface area contributed by atoms with Gasteiger partial charge >= 0.3 is 0 Å². The highest BCUT2D eigenvalue weighted by molar-refractivity contribution is 7.15. The molecule has 0 aliphatic rings. The van der Waals surface area contributed by atoms with Gasteiger partial charge in [0.15, 0.2) is 0 Å². The van der Waals surface area contributed by atoms with Crippen molar-refractivity contribution in [1.29, 1.82) is 0 Å². The maximum Gasteiger partial charge on any atom is 0.248 e. The molecule has 106 valence electrons. The molecule has 0 aliphatic heterocycles. The van der Waals surface area contributed by atoms with Crippen LogP contribution in [0, 0.1) is 20.8 Å². The number of rotatable bonds is 4. The van der Waals surface area contributed by atoms with Crippen molar-refractivity contribution in [3.63, 3.8) is 0 Å². The summed E-state index contributed by atoms with van der Waals surface area (Å²) in [4.78, 5) is 12.1. The lowest BCUT2D eigenvalue weighted by Crippen LogP contribution is -2.31. The summed E-state index contributed by atoms with van der Waals surface area (Å²) in [5.41, 5.74) is 3.28. The van der Waals surface area contributed by atoms with E-state index in [1.165, 1.54) is 22.5 Å². The fourth-order valence-electron chi connectivity index (χ4n) is 1.93. The molecule has 0 fully saturated rings. The SMILES string of the molecule is Cc1cc(C)cc(N[C@H](C)C(=O)Nc2nnc(C)s2)c1. The smallest absolute Gasteiger partial charge is 0.248 e. The Balaban J connectivity index is 2.00. The lowest BCUT2D eigenvalue weighted by atomic mass is 10.1. The van der Waals surface area contributed by atoms with Crippen LogP contribution < -0.4 is 10.6 Å². The van der Waals surface area contributed by atoms with Gasteiger partial charge in [-0.05, 0) is 51.0 Å². The Labute approximate surface area is 122 Å². The van der Waals surface area contributed by atoms with Gasteiger partial charge in [0, 0.05) is 5.69 Å².